The van der Waals surface area contributed by atoms with Crippen molar-refractivity contribution in [3.63, 3.8) is 0 Å². The number of carbonyl (C=O) groups is 1. The molecule has 0 saturated carbocycles. The normalized spacial score (nSPS) is 10.6. The first-order valence-corrected chi connectivity index (χ1v) is 5.09. The van der Waals surface area contributed by atoms with Gasteiger partial charge < -0.3 is 14.9 Å². The summed E-state index contributed by atoms with van der Waals surface area (Å²) in [5.74, 6) is 0.406. The molecule has 0 aliphatic rings. The highest BCUT2D eigenvalue weighted by atomic mass is 16.5. The third-order valence-corrected chi connectivity index (χ3v) is 2.41. The Hall–Kier alpha value is -1.97. The smallest absolute Gasteiger partial charge is 0.374 e. The predicted molar refractivity (Wildman–Crippen MR) is 61.3 cm³/mol. The zero-order valence-electron chi connectivity index (χ0n) is 9.24. The zero-order valence-corrected chi connectivity index (χ0v) is 9.24. The van der Waals surface area contributed by atoms with E-state index in [1.807, 2.05) is 0 Å². The topological polar surface area (TPSA) is 65.5 Å². The Balaban J connectivity index is 2.64. The second-order valence-electron chi connectivity index (χ2n) is 3.48. The molecule has 1 aromatic carbocycles. The molecule has 84 valence electrons. The largest absolute Gasteiger partial charge is 0.460 e. The average molecular weight is 219 g/mol. The number of furan rings is 1. The number of hydrogen-bond donors (Lipinski definition) is 1. The van der Waals surface area contributed by atoms with Crippen LogP contribution in [0.25, 0.3) is 10.8 Å². The summed E-state index contributed by atoms with van der Waals surface area (Å²) in [6.07, 6.45) is 0. The number of benzene rings is 1. The van der Waals surface area contributed by atoms with Gasteiger partial charge in [0.25, 0.3) is 0 Å². The predicted octanol–water partition coefficient (Wildman–Crippen LogP) is 2.50. The van der Waals surface area contributed by atoms with Crippen molar-refractivity contribution in [2.24, 2.45) is 0 Å². The number of fused-ring (bicyclic) bond motifs is 1. The van der Waals surface area contributed by atoms with Crippen molar-refractivity contribution in [2.75, 3.05) is 12.3 Å². The first-order chi connectivity index (χ1) is 7.65. The summed E-state index contributed by atoms with van der Waals surface area (Å²) < 4.78 is 10.3. The van der Waals surface area contributed by atoms with Gasteiger partial charge in [-0.15, -0.1) is 0 Å². The Morgan fingerprint density at radius 2 is 2.25 bits per heavy atom. The van der Waals surface area contributed by atoms with Gasteiger partial charge in [-0.05, 0) is 19.9 Å². The van der Waals surface area contributed by atoms with E-state index in [-0.39, 0.29) is 5.76 Å². The summed E-state index contributed by atoms with van der Waals surface area (Å²) >= 11 is 0. The lowest BCUT2D eigenvalue weighted by atomic mass is 10.1. The Morgan fingerprint density at radius 3 is 2.94 bits per heavy atom. The van der Waals surface area contributed by atoms with Crippen molar-refractivity contribution in [3.05, 3.63) is 29.7 Å². The van der Waals surface area contributed by atoms with Crippen LogP contribution in [-0.2, 0) is 4.74 Å². The molecule has 0 bridgehead atoms. The van der Waals surface area contributed by atoms with Gasteiger partial charge in [-0.2, -0.15) is 0 Å². The number of aryl methyl sites for hydroxylation is 1. The summed E-state index contributed by atoms with van der Waals surface area (Å²) in [6.45, 7) is 3.86. The molecule has 0 atom stereocenters. The molecule has 4 heteroatoms. The van der Waals surface area contributed by atoms with Crippen molar-refractivity contribution < 1.29 is 13.9 Å². The lowest BCUT2D eigenvalue weighted by Crippen LogP contribution is -2.03. The lowest BCUT2D eigenvalue weighted by Gasteiger charge is -1.98. The molecule has 4 nitrogen and oxygen atoms in total. The zero-order chi connectivity index (χ0) is 11.7. The molecule has 2 N–H and O–H groups in total. The quantitative estimate of drug-likeness (QED) is 0.622. The van der Waals surface area contributed by atoms with E-state index < -0.39 is 5.97 Å². The maximum atomic E-state index is 11.6. The Bertz CT molecular complexity index is 542. The molecule has 0 unspecified atom stereocenters. The number of anilines is 1. The number of nitrogen functional groups attached to an aromatic ring is 1. The number of carbonyl (C=O) groups excluding carboxylic acids is 1. The van der Waals surface area contributed by atoms with E-state index in [0.717, 1.165) is 5.39 Å². The molecular weight excluding hydrogens is 206 g/mol. The van der Waals surface area contributed by atoms with Crippen molar-refractivity contribution in [2.45, 2.75) is 13.8 Å². The first kappa shape index (κ1) is 10.5. The standard InChI is InChI=1S/C12H13NO3/c1-3-15-12(14)11-8-5-4-6-9(13)10(8)7(2)16-11/h4-6H,3,13H2,1-2H3. The average Bonchev–Trinajstić information content (AvgIpc) is 2.58. The van der Waals surface area contributed by atoms with E-state index in [9.17, 15) is 4.79 Å². The summed E-state index contributed by atoms with van der Waals surface area (Å²) in [5.41, 5.74) is 6.44. The van der Waals surface area contributed by atoms with Gasteiger partial charge in [0.15, 0.2) is 0 Å². The number of ether oxygens (including phenoxy) is 1. The fourth-order valence-electron chi connectivity index (χ4n) is 1.76. The fourth-order valence-corrected chi connectivity index (χ4v) is 1.76. The molecule has 16 heavy (non-hydrogen) atoms. The van der Waals surface area contributed by atoms with Gasteiger partial charge in [0, 0.05) is 16.5 Å². The third kappa shape index (κ3) is 1.52. The van der Waals surface area contributed by atoms with Crippen LogP contribution in [-0.4, -0.2) is 12.6 Å². The Morgan fingerprint density at radius 1 is 1.50 bits per heavy atom. The number of esters is 1. The maximum Gasteiger partial charge on any atom is 0.374 e. The van der Waals surface area contributed by atoms with Crippen molar-refractivity contribution in [1.82, 2.24) is 0 Å². The highest BCUT2D eigenvalue weighted by molar-refractivity contribution is 6.07. The summed E-state index contributed by atoms with van der Waals surface area (Å²) in [4.78, 5) is 11.6. The molecule has 0 saturated heterocycles. The molecule has 1 aromatic heterocycles. The lowest BCUT2D eigenvalue weighted by molar-refractivity contribution is 0.0491. The summed E-state index contributed by atoms with van der Waals surface area (Å²) in [7, 11) is 0. The monoisotopic (exact) mass is 219 g/mol. The van der Waals surface area contributed by atoms with Crippen LogP contribution in [0.1, 0.15) is 23.2 Å². The van der Waals surface area contributed by atoms with Crippen molar-refractivity contribution in [1.29, 1.82) is 0 Å². The van der Waals surface area contributed by atoms with Crippen LogP contribution in [0, 0.1) is 6.92 Å². The molecule has 0 aliphatic heterocycles. The van der Waals surface area contributed by atoms with Gasteiger partial charge in [0.1, 0.15) is 5.76 Å². The maximum absolute atomic E-state index is 11.6. The van der Waals surface area contributed by atoms with Crippen molar-refractivity contribution >= 4 is 22.4 Å². The number of rotatable bonds is 2. The second kappa shape index (κ2) is 3.89. The highest BCUT2D eigenvalue weighted by Gasteiger charge is 2.19. The Labute approximate surface area is 93.0 Å². The molecule has 0 amide bonds. The van der Waals surface area contributed by atoms with Gasteiger partial charge in [0.05, 0.1) is 6.61 Å². The third-order valence-electron chi connectivity index (χ3n) is 2.41. The fraction of sp³-hybridized carbons (Fsp3) is 0.250. The molecule has 1 heterocycles. The molecular formula is C12H13NO3. The minimum Gasteiger partial charge on any atom is -0.460 e. The van der Waals surface area contributed by atoms with E-state index in [2.05, 4.69) is 0 Å². The van der Waals surface area contributed by atoms with Gasteiger partial charge in [0.2, 0.25) is 5.76 Å². The molecule has 0 radical (unpaired) electrons. The van der Waals surface area contributed by atoms with E-state index in [4.69, 9.17) is 14.9 Å². The molecule has 2 rings (SSSR count). The van der Waals surface area contributed by atoms with Gasteiger partial charge in [-0.1, -0.05) is 12.1 Å². The van der Waals surface area contributed by atoms with E-state index in [1.54, 1.807) is 32.0 Å². The van der Waals surface area contributed by atoms with Crippen LogP contribution in [0.2, 0.25) is 0 Å². The van der Waals surface area contributed by atoms with Crippen molar-refractivity contribution in [3.8, 4) is 0 Å². The molecule has 0 fully saturated rings. The first-order valence-electron chi connectivity index (χ1n) is 5.09. The van der Waals surface area contributed by atoms with E-state index >= 15 is 0 Å². The van der Waals surface area contributed by atoms with Gasteiger partial charge in [-0.3, -0.25) is 0 Å². The summed E-state index contributed by atoms with van der Waals surface area (Å²) in [6, 6.07) is 5.36. The van der Waals surface area contributed by atoms with Crippen LogP contribution >= 0.6 is 0 Å². The van der Waals surface area contributed by atoms with Crippen LogP contribution in [0.5, 0.6) is 0 Å². The van der Waals surface area contributed by atoms with E-state index in [1.165, 1.54) is 0 Å². The number of nitrogens with two attached hydrogens (primary N) is 1. The second-order valence-corrected chi connectivity index (χ2v) is 3.48. The van der Waals surface area contributed by atoms with Crippen LogP contribution in [0.15, 0.2) is 22.6 Å². The SMILES string of the molecule is CCOC(=O)c1oc(C)c2c(N)cccc12. The molecule has 0 spiro atoms. The minimum absolute atomic E-state index is 0.224. The Kier molecular flexibility index (Phi) is 2.56. The summed E-state index contributed by atoms with van der Waals surface area (Å²) in [5, 5.41) is 1.49. The van der Waals surface area contributed by atoms with Gasteiger partial charge >= 0.3 is 5.97 Å². The van der Waals surface area contributed by atoms with Gasteiger partial charge in [-0.25, -0.2) is 4.79 Å². The highest BCUT2D eigenvalue weighted by Crippen LogP contribution is 2.30. The number of hydrogen-bond acceptors (Lipinski definition) is 4. The minimum atomic E-state index is -0.453. The van der Waals surface area contributed by atoms with E-state index in [0.29, 0.717) is 23.4 Å². The van der Waals surface area contributed by atoms with Crippen LogP contribution < -0.4 is 5.73 Å². The van der Waals surface area contributed by atoms with Crippen LogP contribution in [0.4, 0.5) is 5.69 Å². The molecule has 2 aromatic rings. The molecule has 0 aliphatic carbocycles. The van der Waals surface area contributed by atoms with Crippen LogP contribution in [0.3, 0.4) is 0 Å².